The maximum Gasteiger partial charge on any atom is 0.254 e. The summed E-state index contributed by atoms with van der Waals surface area (Å²) in [4.78, 5) is 27.0. The largest absolute Gasteiger partial charge is 0.389 e. The smallest absolute Gasteiger partial charge is 0.254 e. The molecule has 3 rings (SSSR count). The molecule has 0 bridgehead atoms. The van der Waals surface area contributed by atoms with Crippen LogP contribution in [-0.2, 0) is 14.3 Å². The molecule has 2 aliphatic heterocycles. The molecule has 2 heterocycles. The van der Waals surface area contributed by atoms with E-state index in [1.54, 1.807) is 23.1 Å². The number of nitrogens with one attached hydrogen (secondary N) is 1. The summed E-state index contributed by atoms with van der Waals surface area (Å²) in [6.07, 6.45) is 1.03. The van der Waals surface area contributed by atoms with Crippen LogP contribution in [0.25, 0.3) is 0 Å². The summed E-state index contributed by atoms with van der Waals surface area (Å²) < 4.78 is 11.8. The summed E-state index contributed by atoms with van der Waals surface area (Å²) in [5.41, 5.74) is 0.362. The highest BCUT2D eigenvalue weighted by Gasteiger charge is 2.40. The molecule has 2 saturated heterocycles. The number of halogens is 2. The van der Waals surface area contributed by atoms with Crippen molar-refractivity contribution in [3.63, 3.8) is 0 Å². The van der Waals surface area contributed by atoms with Crippen molar-refractivity contribution in [3.8, 4) is 0 Å². The Labute approximate surface area is 186 Å². The van der Waals surface area contributed by atoms with Gasteiger partial charge in [-0.1, -0.05) is 30.1 Å². The number of ether oxygens (including phenoxy) is 2. The van der Waals surface area contributed by atoms with Crippen molar-refractivity contribution in [3.05, 3.63) is 33.8 Å². The van der Waals surface area contributed by atoms with E-state index in [1.165, 1.54) is 0 Å². The Balaban J connectivity index is 1.75. The standard InChI is InChI=1S/C21H28Cl2N2O5/c1-2-5-24-20(27)9-17-3-4-18-19(30-17)12-29-11-16(26)10-25(18)21(28)13-6-14(22)8-15(23)7-13/h6-8,16-19,26H,2-5,9-12H2,1H3,(H,24,27)/t16-,17+,18-,19+/m0/s1. The molecule has 2 amide bonds. The van der Waals surface area contributed by atoms with Gasteiger partial charge < -0.3 is 24.8 Å². The second kappa shape index (κ2) is 10.8. The Bertz CT molecular complexity index is 743. The lowest BCUT2D eigenvalue weighted by Gasteiger charge is -2.44. The molecule has 166 valence electrons. The molecule has 0 aliphatic carbocycles. The number of aliphatic hydroxyl groups is 1. The molecule has 0 saturated carbocycles. The average Bonchev–Trinajstić information content (AvgIpc) is 2.68. The quantitative estimate of drug-likeness (QED) is 0.707. The van der Waals surface area contributed by atoms with Gasteiger partial charge in [0.15, 0.2) is 0 Å². The number of hydrogen-bond acceptors (Lipinski definition) is 5. The minimum absolute atomic E-state index is 0.0380. The molecule has 7 nitrogen and oxygen atoms in total. The fraction of sp³-hybridized carbons (Fsp3) is 0.619. The molecular formula is C21H28Cl2N2O5. The Morgan fingerprint density at radius 2 is 1.93 bits per heavy atom. The lowest BCUT2D eigenvalue weighted by molar-refractivity contribution is -0.150. The van der Waals surface area contributed by atoms with E-state index >= 15 is 0 Å². The van der Waals surface area contributed by atoms with Gasteiger partial charge in [-0.25, -0.2) is 0 Å². The molecule has 0 unspecified atom stereocenters. The maximum atomic E-state index is 13.3. The minimum atomic E-state index is -0.804. The lowest BCUT2D eigenvalue weighted by Crippen LogP contribution is -2.57. The van der Waals surface area contributed by atoms with Gasteiger partial charge in [-0.2, -0.15) is 0 Å². The number of nitrogens with zero attached hydrogens (tertiary/aromatic N) is 1. The van der Waals surface area contributed by atoms with E-state index in [1.807, 2.05) is 6.92 Å². The van der Waals surface area contributed by atoms with Gasteiger partial charge in [0, 0.05) is 28.7 Å². The first kappa shape index (κ1) is 23.3. The maximum absolute atomic E-state index is 13.3. The van der Waals surface area contributed by atoms with Crippen LogP contribution in [0.1, 0.15) is 43.0 Å². The summed E-state index contributed by atoms with van der Waals surface area (Å²) in [7, 11) is 0. The van der Waals surface area contributed by atoms with Gasteiger partial charge in [-0.15, -0.1) is 0 Å². The number of aliphatic hydroxyl groups excluding tert-OH is 1. The van der Waals surface area contributed by atoms with Crippen LogP contribution in [0.5, 0.6) is 0 Å². The number of amides is 2. The fourth-order valence-electron chi connectivity index (χ4n) is 3.96. The highest BCUT2D eigenvalue weighted by Crippen LogP contribution is 2.29. The third kappa shape index (κ3) is 6.08. The van der Waals surface area contributed by atoms with Gasteiger partial charge in [-0.05, 0) is 37.5 Å². The average molecular weight is 459 g/mol. The van der Waals surface area contributed by atoms with Crippen molar-refractivity contribution < 1.29 is 24.2 Å². The van der Waals surface area contributed by atoms with Crippen LogP contribution in [0.3, 0.4) is 0 Å². The van der Waals surface area contributed by atoms with Crippen molar-refractivity contribution in [2.45, 2.75) is 57.0 Å². The number of benzene rings is 1. The van der Waals surface area contributed by atoms with Crippen LogP contribution >= 0.6 is 23.2 Å². The van der Waals surface area contributed by atoms with E-state index in [2.05, 4.69) is 5.32 Å². The second-order valence-corrected chi connectivity index (χ2v) is 8.68. The SMILES string of the molecule is CCCNC(=O)C[C@H]1CC[C@H]2[C@@H](COC[C@@H](O)CN2C(=O)c2cc(Cl)cc(Cl)c2)O1. The van der Waals surface area contributed by atoms with Crippen LogP contribution in [0, 0.1) is 0 Å². The Morgan fingerprint density at radius 1 is 1.20 bits per heavy atom. The van der Waals surface area contributed by atoms with Crippen molar-refractivity contribution in [1.82, 2.24) is 10.2 Å². The number of rotatable bonds is 5. The molecule has 1 aromatic carbocycles. The van der Waals surface area contributed by atoms with Gasteiger partial charge in [0.05, 0.1) is 37.9 Å². The van der Waals surface area contributed by atoms with Gasteiger partial charge >= 0.3 is 0 Å². The Kier molecular flexibility index (Phi) is 8.36. The topological polar surface area (TPSA) is 88.1 Å². The van der Waals surface area contributed by atoms with Crippen molar-refractivity contribution in [2.24, 2.45) is 0 Å². The first-order valence-electron chi connectivity index (χ1n) is 10.3. The van der Waals surface area contributed by atoms with Crippen molar-refractivity contribution in [2.75, 3.05) is 26.3 Å². The molecule has 30 heavy (non-hydrogen) atoms. The van der Waals surface area contributed by atoms with Crippen LogP contribution in [0.4, 0.5) is 0 Å². The number of β-amino-alcohol motifs (C(OH)–C–C–N with tert-alkyl or cyclic N) is 1. The van der Waals surface area contributed by atoms with E-state index in [9.17, 15) is 14.7 Å². The molecule has 0 radical (unpaired) electrons. The summed E-state index contributed by atoms with van der Waals surface area (Å²) in [5, 5.41) is 13.9. The van der Waals surface area contributed by atoms with E-state index < -0.39 is 6.10 Å². The van der Waals surface area contributed by atoms with Gasteiger partial charge in [-0.3, -0.25) is 9.59 Å². The summed E-state index contributed by atoms with van der Waals surface area (Å²) in [6.45, 7) is 3.11. The van der Waals surface area contributed by atoms with Crippen molar-refractivity contribution in [1.29, 1.82) is 0 Å². The van der Waals surface area contributed by atoms with E-state index in [0.29, 0.717) is 35.0 Å². The fourth-order valence-corrected chi connectivity index (χ4v) is 4.49. The molecule has 0 aromatic heterocycles. The van der Waals surface area contributed by atoms with Crippen LogP contribution in [-0.4, -0.2) is 72.5 Å². The minimum Gasteiger partial charge on any atom is -0.389 e. The normalized spacial score (nSPS) is 27.0. The first-order valence-corrected chi connectivity index (χ1v) is 11.1. The van der Waals surface area contributed by atoms with E-state index in [4.69, 9.17) is 32.7 Å². The van der Waals surface area contributed by atoms with Gasteiger partial charge in [0.1, 0.15) is 6.10 Å². The van der Waals surface area contributed by atoms with Gasteiger partial charge in [0.2, 0.25) is 5.91 Å². The monoisotopic (exact) mass is 458 g/mol. The molecular weight excluding hydrogens is 431 g/mol. The number of hydrogen-bond donors (Lipinski definition) is 2. The first-order chi connectivity index (χ1) is 14.4. The highest BCUT2D eigenvalue weighted by atomic mass is 35.5. The van der Waals surface area contributed by atoms with Crippen LogP contribution in [0.2, 0.25) is 10.0 Å². The van der Waals surface area contributed by atoms with E-state index in [-0.39, 0.29) is 56.2 Å². The predicted octanol–water partition coefficient (Wildman–Crippen LogP) is 2.66. The third-order valence-electron chi connectivity index (χ3n) is 5.34. The number of carbonyl (C=O) groups is 2. The molecule has 1 aromatic rings. The van der Waals surface area contributed by atoms with Crippen molar-refractivity contribution >= 4 is 35.0 Å². The van der Waals surface area contributed by atoms with E-state index in [0.717, 1.165) is 6.42 Å². The van der Waals surface area contributed by atoms with Crippen LogP contribution < -0.4 is 5.32 Å². The molecule has 2 fully saturated rings. The zero-order chi connectivity index (χ0) is 21.7. The molecule has 0 spiro atoms. The lowest BCUT2D eigenvalue weighted by atomic mass is 9.94. The summed E-state index contributed by atoms with van der Waals surface area (Å²) in [6, 6.07) is 4.42. The summed E-state index contributed by atoms with van der Waals surface area (Å²) in [5.74, 6) is -0.304. The highest BCUT2D eigenvalue weighted by molar-refractivity contribution is 6.35. The Morgan fingerprint density at radius 3 is 2.63 bits per heavy atom. The number of carbonyl (C=O) groups excluding carboxylic acids is 2. The molecule has 9 heteroatoms. The summed E-state index contributed by atoms with van der Waals surface area (Å²) >= 11 is 12.1. The molecule has 4 atom stereocenters. The predicted molar refractivity (Wildman–Crippen MR) is 114 cm³/mol. The molecule has 2 aliphatic rings. The second-order valence-electron chi connectivity index (χ2n) is 7.80. The zero-order valence-corrected chi connectivity index (χ0v) is 18.5. The van der Waals surface area contributed by atoms with Crippen LogP contribution in [0.15, 0.2) is 18.2 Å². The third-order valence-corrected chi connectivity index (χ3v) is 5.77. The Hall–Kier alpha value is -1.38. The number of fused-ring (bicyclic) bond motifs is 1. The van der Waals surface area contributed by atoms with Gasteiger partial charge in [0.25, 0.3) is 5.91 Å². The molecule has 2 N–H and O–H groups in total. The zero-order valence-electron chi connectivity index (χ0n) is 17.0.